The van der Waals surface area contributed by atoms with E-state index in [2.05, 4.69) is 5.32 Å². The van der Waals surface area contributed by atoms with Gasteiger partial charge in [-0.25, -0.2) is 9.59 Å². The lowest BCUT2D eigenvalue weighted by Gasteiger charge is -2.32. The molecule has 2 N–H and O–H groups in total. The maximum Gasteiger partial charge on any atom is 0.335 e. The van der Waals surface area contributed by atoms with Crippen LogP contribution in [0.3, 0.4) is 0 Å². The minimum absolute atomic E-state index is 0.0971. The van der Waals surface area contributed by atoms with Gasteiger partial charge in [0.2, 0.25) is 0 Å². The number of carbonyl (C=O) groups is 2. The third kappa shape index (κ3) is 6.36. The summed E-state index contributed by atoms with van der Waals surface area (Å²) >= 11 is 0. The molecule has 2 rings (SSSR count). The van der Waals surface area contributed by atoms with Crippen LogP contribution in [0.1, 0.15) is 35.2 Å². The molecule has 1 saturated heterocycles. The van der Waals surface area contributed by atoms with Gasteiger partial charge in [0.25, 0.3) is 0 Å². The summed E-state index contributed by atoms with van der Waals surface area (Å²) in [6.07, 6.45) is 2.78. The van der Waals surface area contributed by atoms with E-state index in [1.54, 1.807) is 24.1 Å². The highest BCUT2D eigenvalue weighted by atomic mass is 16.5. The minimum Gasteiger partial charge on any atom is -0.478 e. The average Bonchev–Trinajstić information content (AvgIpc) is 2.64. The first kappa shape index (κ1) is 19.2. The largest absolute Gasteiger partial charge is 0.478 e. The number of carboxylic acids is 1. The Bertz CT molecular complexity index is 553. The summed E-state index contributed by atoms with van der Waals surface area (Å²) in [5.74, 6) is -0.956. The summed E-state index contributed by atoms with van der Waals surface area (Å²) in [7, 11) is 1.68. The maximum atomic E-state index is 12.2. The zero-order valence-corrected chi connectivity index (χ0v) is 14.6. The second-order valence-electron chi connectivity index (χ2n) is 6.06. The zero-order chi connectivity index (χ0) is 18.1. The normalized spacial score (nSPS) is 15.2. The van der Waals surface area contributed by atoms with E-state index in [0.29, 0.717) is 32.8 Å². The summed E-state index contributed by atoms with van der Waals surface area (Å²) in [6, 6.07) is 6.40. The first-order chi connectivity index (χ1) is 12.1. The van der Waals surface area contributed by atoms with Crippen LogP contribution in [-0.4, -0.2) is 61.5 Å². The van der Waals surface area contributed by atoms with Gasteiger partial charge in [0, 0.05) is 40.0 Å². The molecule has 0 radical (unpaired) electrons. The summed E-state index contributed by atoms with van der Waals surface area (Å²) < 4.78 is 10.8. The molecule has 1 aliphatic rings. The van der Waals surface area contributed by atoms with E-state index in [0.717, 1.165) is 24.8 Å². The fraction of sp³-hybridized carbons (Fsp3) is 0.556. The third-order valence-corrected chi connectivity index (χ3v) is 4.22. The van der Waals surface area contributed by atoms with Crippen LogP contribution in [0, 0.1) is 0 Å². The molecule has 1 heterocycles. The molecule has 0 unspecified atom stereocenters. The smallest absolute Gasteiger partial charge is 0.335 e. The lowest BCUT2D eigenvalue weighted by molar-refractivity contribution is 0.00663. The number of ether oxygens (including phenoxy) is 2. The van der Waals surface area contributed by atoms with Crippen molar-refractivity contribution in [2.24, 2.45) is 0 Å². The molecule has 0 aliphatic carbocycles. The van der Waals surface area contributed by atoms with Gasteiger partial charge in [-0.3, -0.25) is 0 Å². The van der Waals surface area contributed by atoms with E-state index < -0.39 is 5.97 Å². The van der Waals surface area contributed by atoms with Crippen molar-refractivity contribution in [2.75, 3.05) is 33.4 Å². The van der Waals surface area contributed by atoms with Crippen LogP contribution in [0.2, 0.25) is 0 Å². The number of carbonyl (C=O) groups excluding carboxylic acids is 1. The minimum atomic E-state index is -0.956. The molecule has 7 nitrogen and oxygen atoms in total. The molecular weight excluding hydrogens is 324 g/mol. The van der Waals surface area contributed by atoms with E-state index in [1.165, 1.54) is 12.1 Å². The highest BCUT2D eigenvalue weighted by Gasteiger charge is 2.22. The number of likely N-dealkylation sites (tertiary alicyclic amines) is 1. The number of nitrogens with one attached hydrogen (secondary N) is 1. The van der Waals surface area contributed by atoms with Crippen molar-refractivity contribution in [3.63, 3.8) is 0 Å². The molecule has 1 aliphatic heterocycles. The Morgan fingerprint density at radius 3 is 2.48 bits per heavy atom. The van der Waals surface area contributed by atoms with Gasteiger partial charge in [0.1, 0.15) is 0 Å². The van der Waals surface area contributed by atoms with E-state index in [4.69, 9.17) is 14.6 Å². The topological polar surface area (TPSA) is 88.1 Å². The number of amides is 2. The van der Waals surface area contributed by atoms with Crippen LogP contribution in [0.25, 0.3) is 0 Å². The van der Waals surface area contributed by atoms with Crippen molar-refractivity contribution in [1.29, 1.82) is 0 Å². The molecule has 1 aromatic rings. The molecule has 0 atom stereocenters. The van der Waals surface area contributed by atoms with Gasteiger partial charge in [0.15, 0.2) is 0 Å². The van der Waals surface area contributed by atoms with E-state index in [1.807, 2.05) is 0 Å². The summed E-state index contributed by atoms with van der Waals surface area (Å²) in [5, 5.41) is 11.7. The van der Waals surface area contributed by atoms with Gasteiger partial charge in [-0.05, 0) is 37.0 Å². The van der Waals surface area contributed by atoms with Crippen LogP contribution in [0.15, 0.2) is 24.3 Å². The molecule has 25 heavy (non-hydrogen) atoms. The van der Waals surface area contributed by atoms with Gasteiger partial charge in [0.05, 0.1) is 11.7 Å². The second kappa shape index (κ2) is 10.0. The number of carboxylic acid groups (broad SMARTS) is 1. The SMILES string of the molecule is COCCCOC1CCN(C(=O)NCc2ccc(C(=O)O)cc2)CC1. The highest BCUT2D eigenvalue weighted by Crippen LogP contribution is 2.14. The van der Waals surface area contributed by atoms with Crippen molar-refractivity contribution < 1.29 is 24.2 Å². The molecule has 0 aromatic heterocycles. The average molecular weight is 350 g/mol. The van der Waals surface area contributed by atoms with E-state index in [9.17, 15) is 9.59 Å². The van der Waals surface area contributed by atoms with Gasteiger partial charge >= 0.3 is 12.0 Å². The quantitative estimate of drug-likeness (QED) is 0.701. The Balaban J connectivity index is 1.67. The lowest BCUT2D eigenvalue weighted by atomic mass is 10.1. The van der Waals surface area contributed by atoms with Gasteiger partial charge in [-0.15, -0.1) is 0 Å². The third-order valence-electron chi connectivity index (χ3n) is 4.22. The number of aromatic carboxylic acids is 1. The number of hydrogen-bond donors (Lipinski definition) is 2. The van der Waals surface area contributed by atoms with Crippen molar-refractivity contribution in [2.45, 2.75) is 31.9 Å². The molecule has 0 spiro atoms. The molecule has 1 aromatic carbocycles. The Labute approximate surface area is 147 Å². The number of nitrogens with zero attached hydrogens (tertiary/aromatic N) is 1. The second-order valence-corrected chi connectivity index (χ2v) is 6.06. The van der Waals surface area contributed by atoms with Crippen molar-refractivity contribution >= 4 is 12.0 Å². The number of urea groups is 1. The maximum absolute atomic E-state index is 12.2. The van der Waals surface area contributed by atoms with Crippen LogP contribution in [0.4, 0.5) is 4.79 Å². The number of rotatable bonds is 8. The van der Waals surface area contributed by atoms with Crippen molar-refractivity contribution in [3.05, 3.63) is 35.4 Å². The van der Waals surface area contributed by atoms with Crippen LogP contribution in [0.5, 0.6) is 0 Å². The number of hydrogen-bond acceptors (Lipinski definition) is 4. The van der Waals surface area contributed by atoms with Gasteiger partial charge in [-0.2, -0.15) is 0 Å². The zero-order valence-electron chi connectivity index (χ0n) is 14.6. The Morgan fingerprint density at radius 2 is 1.88 bits per heavy atom. The highest BCUT2D eigenvalue weighted by molar-refractivity contribution is 5.87. The number of benzene rings is 1. The Morgan fingerprint density at radius 1 is 1.20 bits per heavy atom. The van der Waals surface area contributed by atoms with Crippen molar-refractivity contribution in [1.82, 2.24) is 10.2 Å². The van der Waals surface area contributed by atoms with Crippen LogP contribution in [-0.2, 0) is 16.0 Å². The molecule has 2 amide bonds. The molecule has 138 valence electrons. The van der Waals surface area contributed by atoms with Crippen LogP contribution < -0.4 is 5.32 Å². The summed E-state index contributed by atoms with van der Waals surface area (Å²) in [6.45, 7) is 3.13. The summed E-state index contributed by atoms with van der Waals surface area (Å²) in [4.78, 5) is 24.8. The molecule has 0 bridgehead atoms. The van der Waals surface area contributed by atoms with E-state index >= 15 is 0 Å². The fourth-order valence-corrected chi connectivity index (χ4v) is 2.73. The van der Waals surface area contributed by atoms with Gasteiger partial charge in [-0.1, -0.05) is 12.1 Å². The predicted octanol–water partition coefficient (Wildman–Crippen LogP) is 2.11. The van der Waals surface area contributed by atoms with Crippen LogP contribution >= 0.6 is 0 Å². The Kier molecular flexibility index (Phi) is 7.69. The number of methoxy groups -OCH3 is 1. The molecule has 1 fully saturated rings. The molecular formula is C18H26N2O5. The summed E-state index contributed by atoms with van der Waals surface area (Å²) in [5.41, 5.74) is 1.11. The standard InChI is InChI=1S/C18H26N2O5/c1-24-11-2-12-25-16-7-9-20(10-8-16)18(23)19-13-14-3-5-15(6-4-14)17(21)22/h3-6,16H,2,7-13H2,1H3,(H,19,23)(H,21,22). The molecule has 7 heteroatoms. The lowest BCUT2D eigenvalue weighted by Crippen LogP contribution is -2.45. The van der Waals surface area contributed by atoms with Gasteiger partial charge < -0.3 is 24.8 Å². The molecule has 0 saturated carbocycles. The number of piperidine rings is 1. The monoisotopic (exact) mass is 350 g/mol. The predicted molar refractivity (Wildman–Crippen MR) is 92.7 cm³/mol. The Hall–Kier alpha value is -2.12. The first-order valence-corrected chi connectivity index (χ1v) is 8.55. The fourth-order valence-electron chi connectivity index (χ4n) is 2.73. The van der Waals surface area contributed by atoms with E-state index in [-0.39, 0.29) is 17.7 Å². The first-order valence-electron chi connectivity index (χ1n) is 8.55. The van der Waals surface area contributed by atoms with Crippen molar-refractivity contribution in [3.8, 4) is 0 Å².